The molecular formula is C15H22N2O5S2. The van der Waals surface area contributed by atoms with E-state index >= 15 is 0 Å². The molecule has 1 heterocycles. The minimum Gasteiger partial charge on any atom is -0.455 e. The van der Waals surface area contributed by atoms with Crippen LogP contribution in [0.3, 0.4) is 0 Å². The van der Waals surface area contributed by atoms with Crippen LogP contribution < -0.4 is 10.0 Å². The summed E-state index contributed by atoms with van der Waals surface area (Å²) in [5.41, 5.74) is 0. The quantitative estimate of drug-likeness (QED) is 0.700. The van der Waals surface area contributed by atoms with Crippen LogP contribution in [-0.4, -0.2) is 39.5 Å². The fraction of sp³-hybridized carbons (Fsp3) is 0.600. The van der Waals surface area contributed by atoms with E-state index in [-0.39, 0.29) is 16.2 Å². The van der Waals surface area contributed by atoms with Crippen molar-refractivity contribution >= 4 is 33.2 Å². The molecule has 0 aliphatic heterocycles. The zero-order valence-electron chi connectivity index (χ0n) is 13.5. The number of esters is 1. The third-order valence-electron chi connectivity index (χ3n) is 3.91. The molecule has 0 saturated heterocycles. The molecule has 1 aromatic rings. The lowest BCUT2D eigenvalue weighted by Crippen LogP contribution is -2.40. The fourth-order valence-corrected chi connectivity index (χ4v) is 4.52. The number of hydrogen-bond acceptors (Lipinski definition) is 6. The Balaban J connectivity index is 1.66. The molecule has 2 rings (SSSR count). The van der Waals surface area contributed by atoms with Gasteiger partial charge in [0, 0.05) is 6.04 Å². The van der Waals surface area contributed by atoms with Crippen LogP contribution in [0.2, 0.25) is 0 Å². The van der Waals surface area contributed by atoms with Crippen LogP contribution in [-0.2, 0) is 24.3 Å². The van der Waals surface area contributed by atoms with Crippen molar-refractivity contribution in [2.45, 2.75) is 42.9 Å². The highest BCUT2D eigenvalue weighted by molar-refractivity contribution is 7.91. The van der Waals surface area contributed by atoms with Crippen LogP contribution >= 0.6 is 11.3 Å². The van der Waals surface area contributed by atoms with E-state index in [9.17, 15) is 18.0 Å². The van der Waals surface area contributed by atoms with Gasteiger partial charge in [0.25, 0.3) is 15.9 Å². The standard InChI is InChI=1S/C15H22N2O5S2/c1-11-4-6-12(7-5-11)17-13(18)10-22-14(19)9-16-24(20,21)15-3-2-8-23-15/h2-3,8,11-12,16H,4-7,9-10H2,1H3,(H,17,18). The van der Waals surface area contributed by atoms with E-state index in [1.54, 1.807) is 11.4 Å². The van der Waals surface area contributed by atoms with Gasteiger partial charge in [0.05, 0.1) is 0 Å². The molecule has 1 aliphatic rings. The van der Waals surface area contributed by atoms with Crippen molar-refractivity contribution in [1.29, 1.82) is 0 Å². The molecule has 0 bridgehead atoms. The number of carbonyl (C=O) groups excluding carboxylic acids is 2. The van der Waals surface area contributed by atoms with Crippen molar-refractivity contribution in [1.82, 2.24) is 10.0 Å². The zero-order valence-corrected chi connectivity index (χ0v) is 15.1. The SMILES string of the molecule is CC1CCC(NC(=O)COC(=O)CNS(=O)(=O)c2cccs2)CC1. The van der Waals surface area contributed by atoms with E-state index < -0.39 is 29.1 Å². The normalized spacial score (nSPS) is 21.2. The zero-order chi connectivity index (χ0) is 17.6. The van der Waals surface area contributed by atoms with Crippen LogP contribution in [0.4, 0.5) is 0 Å². The van der Waals surface area contributed by atoms with Gasteiger partial charge >= 0.3 is 5.97 Å². The summed E-state index contributed by atoms with van der Waals surface area (Å²) in [5.74, 6) is -0.459. The fourth-order valence-electron chi connectivity index (χ4n) is 2.51. The number of carbonyl (C=O) groups is 2. The van der Waals surface area contributed by atoms with Crippen LogP contribution in [0.1, 0.15) is 32.6 Å². The third kappa shape index (κ3) is 5.88. The summed E-state index contributed by atoms with van der Waals surface area (Å²) in [6.07, 6.45) is 4.02. The van der Waals surface area contributed by atoms with E-state index in [1.807, 2.05) is 0 Å². The summed E-state index contributed by atoms with van der Waals surface area (Å²) >= 11 is 1.05. The predicted molar refractivity (Wildman–Crippen MR) is 90.0 cm³/mol. The summed E-state index contributed by atoms with van der Waals surface area (Å²) in [5, 5.41) is 4.46. The summed E-state index contributed by atoms with van der Waals surface area (Å²) in [6.45, 7) is 1.29. The monoisotopic (exact) mass is 374 g/mol. The summed E-state index contributed by atoms with van der Waals surface area (Å²) in [4.78, 5) is 23.3. The molecule has 7 nitrogen and oxygen atoms in total. The van der Waals surface area contributed by atoms with Gasteiger partial charge in [0.1, 0.15) is 10.8 Å². The molecule has 1 amide bonds. The Bertz CT molecular complexity index is 649. The second-order valence-corrected chi connectivity index (χ2v) is 8.88. The first-order chi connectivity index (χ1) is 11.4. The van der Waals surface area contributed by atoms with Crippen molar-refractivity contribution in [2.75, 3.05) is 13.2 Å². The molecule has 0 radical (unpaired) electrons. The van der Waals surface area contributed by atoms with Gasteiger partial charge in [0.2, 0.25) is 0 Å². The first-order valence-corrected chi connectivity index (χ1v) is 10.2. The van der Waals surface area contributed by atoms with Crippen LogP contribution in [0.5, 0.6) is 0 Å². The van der Waals surface area contributed by atoms with Gasteiger partial charge in [-0.1, -0.05) is 13.0 Å². The van der Waals surface area contributed by atoms with Gasteiger partial charge in [-0.3, -0.25) is 9.59 Å². The van der Waals surface area contributed by atoms with E-state index in [4.69, 9.17) is 4.74 Å². The molecule has 1 aliphatic carbocycles. The maximum absolute atomic E-state index is 11.8. The lowest BCUT2D eigenvalue weighted by molar-refractivity contribution is -0.147. The molecule has 0 unspecified atom stereocenters. The van der Waals surface area contributed by atoms with Gasteiger partial charge in [-0.15, -0.1) is 11.3 Å². The molecule has 0 aromatic carbocycles. The van der Waals surface area contributed by atoms with E-state index in [2.05, 4.69) is 17.0 Å². The first-order valence-electron chi connectivity index (χ1n) is 7.85. The van der Waals surface area contributed by atoms with Crippen molar-refractivity contribution in [3.63, 3.8) is 0 Å². The van der Waals surface area contributed by atoms with Crippen molar-refractivity contribution in [2.24, 2.45) is 5.92 Å². The molecule has 1 fully saturated rings. The first kappa shape index (κ1) is 18.9. The topological polar surface area (TPSA) is 102 Å². The molecule has 1 saturated carbocycles. The largest absolute Gasteiger partial charge is 0.455 e. The molecule has 9 heteroatoms. The van der Waals surface area contributed by atoms with Crippen molar-refractivity contribution < 1.29 is 22.7 Å². The number of ether oxygens (including phenoxy) is 1. The number of sulfonamides is 1. The highest BCUT2D eigenvalue weighted by atomic mass is 32.2. The van der Waals surface area contributed by atoms with Gasteiger partial charge in [0.15, 0.2) is 6.61 Å². The average Bonchev–Trinajstić information content (AvgIpc) is 3.09. The minimum absolute atomic E-state index is 0.125. The number of nitrogens with one attached hydrogen (secondary N) is 2. The molecule has 134 valence electrons. The van der Waals surface area contributed by atoms with Gasteiger partial charge in [-0.05, 0) is 43.0 Å². The molecule has 2 N–H and O–H groups in total. The van der Waals surface area contributed by atoms with E-state index in [1.165, 1.54) is 6.07 Å². The van der Waals surface area contributed by atoms with Gasteiger partial charge in [-0.2, -0.15) is 4.72 Å². The van der Waals surface area contributed by atoms with Crippen molar-refractivity contribution in [3.05, 3.63) is 17.5 Å². The third-order valence-corrected chi connectivity index (χ3v) is 6.71. The second kappa shape index (κ2) is 8.59. The summed E-state index contributed by atoms with van der Waals surface area (Å²) in [7, 11) is -3.71. The minimum atomic E-state index is -3.71. The maximum atomic E-state index is 11.8. The van der Waals surface area contributed by atoms with Crippen LogP contribution in [0.15, 0.2) is 21.7 Å². The number of rotatable bonds is 7. The molecular weight excluding hydrogens is 352 g/mol. The average molecular weight is 374 g/mol. The van der Waals surface area contributed by atoms with E-state index in [0.29, 0.717) is 5.92 Å². The Morgan fingerprint density at radius 1 is 1.29 bits per heavy atom. The number of amides is 1. The lowest BCUT2D eigenvalue weighted by Gasteiger charge is -2.26. The Labute approximate surface area is 145 Å². The predicted octanol–water partition coefficient (Wildman–Crippen LogP) is 1.26. The Morgan fingerprint density at radius 3 is 2.62 bits per heavy atom. The lowest BCUT2D eigenvalue weighted by atomic mass is 9.87. The smallest absolute Gasteiger partial charge is 0.321 e. The molecule has 0 spiro atoms. The second-order valence-electron chi connectivity index (χ2n) is 5.94. The Kier molecular flexibility index (Phi) is 6.76. The molecule has 0 atom stereocenters. The van der Waals surface area contributed by atoms with Gasteiger partial charge < -0.3 is 10.1 Å². The number of thiophene rings is 1. The van der Waals surface area contributed by atoms with E-state index in [0.717, 1.165) is 37.0 Å². The van der Waals surface area contributed by atoms with Crippen molar-refractivity contribution in [3.8, 4) is 0 Å². The van der Waals surface area contributed by atoms with Gasteiger partial charge in [-0.25, -0.2) is 8.42 Å². The highest BCUT2D eigenvalue weighted by Crippen LogP contribution is 2.23. The Hall–Kier alpha value is -1.45. The maximum Gasteiger partial charge on any atom is 0.321 e. The summed E-state index contributed by atoms with van der Waals surface area (Å²) in [6, 6.07) is 3.18. The molecule has 24 heavy (non-hydrogen) atoms. The van der Waals surface area contributed by atoms with Crippen LogP contribution in [0, 0.1) is 5.92 Å². The van der Waals surface area contributed by atoms with Crippen LogP contribution in [0.25, 0.3) is 0 Å². The molecule has 1 aromatic heterocycles. The highest BCUT2D eigenvalue weighted by Gasteiger charge is 2.21. The summed E-state index contributed by atoms with van der Waals surface area (Å²) < 4.78 is 30.8. The Morgan fingerprint density at radius 2 is 2.00 bits per heavy atom. The number of hydrogen-bond donors (Lipinski definition) is 2.